The third-order valence-corrected chi connectivity index (χ3v) is 9.32. The average Bonchev–Trinajstić information content (AvgIpc) is 3.08. The SMILES string of the molecule is CCCCCCCCCCCCCC(=O)NC(COC1OC(CO)C(OC2OC(CO)C(O)C(O)C2O)C(O)C1O)C(O)CCCCC. The molecular formula is C34H65NO13. The lowest BCUT2D eigenvalue weighted by molar-refractivity contribution is -0.359. The summed E-state index contributed by atoms with van der Waals surface area (Å²) in [6.07, 6.45) is -0.489. The van der Waals surface area contributed by atoms with Gasteiger partial charge < -0.3 is 65.1 Å². The van der Waals surface area contributed by atoms with E-state index in [-0.39, 0.29) is 12.5 Å². The second kappa shape index (κ2) is 24.2. The predicted molar refractivity (Wildman–Crippen MR) is 176 cm³/mol. The highest BCUT2D eigenvalue weighted by molar-refractivity contribution is 5.76. The van der Waals surface area contributed by atoms with E-state index < -0.39 is 86.8 Å². The first-order valence-electron chi connectivity index (χ1n) is 18.3. The zero-order chi connectivity index (χ0) is 35.5. The van der Waals surface area contributed by atoms with Gasteiger partial charge in [0, 0.05) is 6.42 Å². The Hall–Kier alpha value is -1.01. The van der Waals surface area contributed by atoms with Gasteiger partial charge >= 0.3 is 0 Å². The van der Waals surface area contributed by atoms with Crippen molar-refractivity contribution in [2.45, 2.75) is 190 Å². The van der Waals surface area contributed by atoms with Gasteiger partial charge in [-0.05, 0) is 12.8 Å². The molecule has 0 aliphatic carbocycles. The first-order valence-corrected chi connectivity index (χ1v) is 18.3. The van der Waals surface area contributed by atoms with Crippen LogP contribution in [0, 0.1) is 0 Å². The highest BCUT2D eigenvalue weighted by Crippen LogP contribution is 2.29. The number of nitrogens with one attached hydrogen (secondary N) is 1. The minimum Gasteiger partial charge on any atom is -0.394 e. The van der Waals surface area contributed by atoms with E-state index >= 15 is 0 Å². The largest absolute Gasteiger partial charge is 0.394 e. The highest BCUT2D eigenvalue weighted by atomic mass is 16.7. The van der Waals surface area contributed by atoms with Crippen LogP contribution in [-0.4, -0.2) is 140 Å². The molecule has 2 heterocycles. The molecule has 48 heavy (non-hydrogen) atoms. The van der Waals surface area contributed by atoms with Crippen molar-refractivity contribution >= 4 is 5.91 Å². The Morgan fingerprint density at radius 1 is 0.667 bits per heavy atom. The molecule has 0 aromatic rings. The fourth-order valence-electron chi connectivity index (χ4n) is 6.17. The van der Waals surface area contributed by atoms with Crippen LogP contribution in [0.1, 0.15) is 117 Å². The second-order valence-corrected chi connectivity index (χ2v) is 13.4. The van der Waals surface area contributed by atoms with Gasteiger partial charge in [-0.3, -0.25) is 4.79 Å². The molecule has 0 aromatic heterocycles. The van der Waals surface area contributed by atoms with Gasteiger partial charge in [0.25, 0.3) is 0 Å². The molecule has 2 saturated heterocycles. The number of rotatable bonds is 25. The van der Waals surface area contributed by atoms with E-state index in [4.69, 9.17) is 18.9 Å². The molecule has 284 valence electrons. The van der Waals surface area contributed by atoms with Gasteiger partial charge in [0.15, 0.2) is 12.6 Å². The molecule has 0 spiro atoms. The van der Waals surface area contributed by atoms with Crippen LogP contribution < -0.4 is 5.32 Å². The fraction of sp³-hybridized carbons (Fsp3) is 0.971. The van der Waals surface area contributed by atoms with E-state index in [1.165, 1.54) is 44.9 Å². The number of aliphatic hydroxyl groups excluding tert-OH is 8. The third-order valence-electron chi connectivity index (χ3n) is 9.32. The lowest BCUT2D eigenvalue weighted by Gasteiger charge is -2.46. The van der Waals surface area contributed by atoms with Crippen molar-refractivity contribution in [1.29, 1.82) is 0 Å². The summed E-state index contributed by atoms with van der Waals surface area (Å²) in [5.74, 6) is -0.222. The summed E-state index contributed by atoms with van der Waals surface area (Å²) in [6, 6.07) is -0.814. The van der Waals surface area contributed by atoms with Gasteiger partial charge in [-0.1, -0.05) is 97.3 Å². The van der Waals surface area contributed by atoms with Crippen LogP contribution in [0.4, 0.5) is 0 Å². The monoisotopic (exact) mass is 695 g/mol. The van der Waals surface area contributed by atoms with Crippen LogP contribution >= 0.6 is 0 Å². The molecule has 0 bridgehead atoms. The first kappa shape index (κ1) is 43.2. The second-order valence-electron chi connectivity index (χ2n) is 13.4. The molecule has 14 nitrogen and oxygen atoms in total. The van der Waals surface area contributed by atoms with Crippen LogP contribution in [0.15, 0.2) is 0 Å². The molecule has 2 rings (SSSR count). The highest BCUT2D eigenvalue weighted by Gasteiger charge is 2.50. The summed E-state index contributed by atoms with van der Waals surface area (Å²) < 4.78 is 22.4. The summed E-state index contributed by atoms with van der Waals surface area (Å²) in [4.78, 5) is 12.8. The molecule has 1 amide bonds. The number of amides is 1. The van der Waals surface area contributed by atoms with Crippen molar-refractivity contribution in [1.82, 2.24) is 5.32 Å². The smallest absolute Gasteiger partial charge is 0.220 e. The van der Waals surface area contributed by atoms with Gasteiger partial charge in [-0.25, -0.2) is 0 Å². The average molecular weight is 696 g/mol. The minimum absolute atomic E-state index is 0.222. The quantitative estimate of drug-likeness (QED) is 0.0602. The zero-order valence-corrected chi connectivity index (χ0v) is 29.0. The number of aliphatic hydroxyl groups is 8. The van der Waals surface area contributed by atoms with Crippen LogP contribution in [0.2, 0.25) is 0 Å². The van der Waals surface area contributed by atoms with E-state index in [1.54, 1.807) is 0 Å². The van der Waals surface area contributed by atoms with Crippen molar-refractivity contribution in [3.05, 3.63) is 0 Å². The number of carbonyl (C=O) groups excluding carboxylic acids is 1. The summed E-state index contributed by atoms with van der Waals surface area (Å²) >= 11 is 0. The molecule has 0 radical (unpaired) electrons. The van der Waals surface area contributed by atoms with E-state index in [2.05, 4.69) is 12.2 Å². The molecule has 9 N–H and O–H groups in total. The Morgan fingerprint density at radius 3 is 1.77 bits per heavy atom. The minimum atomic E-state index is -1.77. The van der Waals surface area contributed by atoms with Crippen LogP contribution in [-0.2, 0) is 23.7 Å². The molecular weight excluding hydrogens is 630 g/mol. The summed E-state index contributed by atoms with van der Waals surface area (Å²) in [5.41, 5.74) is 0. The topological polar surface area (TPSA) is 228 Å². The third kappa shape index (κ3) is 14.3. The van der Waals surface area contributed by atoms with E-state index in [0.717, 1.165) is 44.9 Å². The zero-order valence-electron chi connectivity index (χ0n) is 29.0. The lowest BCUT2D eigenvalue weighted by Crippen LogP contribution is -2.65. The standard InChI is InChI=1S/C34H65NO13/c1-3-5-7-8-9-10-11-12-13-14-16-18-26(39)35-22(23(38)17-15-6-4-2)21-45-33-31(44)29(42)32(25(20-37)47-33)48-34-30(43)28(41)27(40)24(19-36)46-34/h22-25,27-34,36-38,40-44H,3-21H2,1-2H3,(H,35,39). The Morgan fingerprint density at radius 2 is 1.19 bits per heavy atom. The maximum atomic E-state index is 12.8. The van der Waals surface area contributed by atoms with Crippen molar-refractivity contribution in [3.63, 3.8) is 0 Å². The predicted octanol–water partition coefficient (Wildman–Crippen LogP) is 0.754. The van der Waals surface area contributed by atoms with Gasteiger partial charge in [0.1, 0.15) is 48.8 Å². The Balaban J connectivity index is 1.89. The lowest BCUT2D eigenvalue weighted by atomic mass is 9.97. The molecule has 12 atom stereocenters. The van der Waals surface area contributed by atoms with Gasteiger partial charge in [0.05, 0.1) is 32.0 Å². The molecule has 14 heteroatoms. The van der Waals surface area contributed by atoms with E-state index in [0.29, 0.717) is 12.8 Å². The molecule has 12 unspecified atom stereocenters. The van der Waals surface area contributed by atoms with Crippen molar-refractivity contribution in [2.75, 3.05) is 19.8 Å². The first-order chi connectivity index (χ1) is 23.1. The van der Waals surface area contributed by atoms with Crippen molar-refractivity contribution in [3.8, 4) is 0 Å². The van der Waals surface area contributed by atoms with Crippen molar-refractivity contribution < 1.29 is 64.6 Å². The van der Waals surface area contributed by atoms with E-state index in [1.807, 2.05) is 6.92 Å². The Labute approximate surface area is 285 Å². The van der Waals surface area contributed by atoms with Gasteiger partial charge in [0.2, 0.25) is 5.91 Å². The van der Waals surface area contributed by atoms with Crippen LogP contribution in [0.3, 0.4) is 0 Å². The number of unbranched alkanes of at least 4 members (excludes halogenated alkanes) is 12. The van der Waals surface area contributed by atoms with Gasteiger partial charge in [-0.15, -0.1) is 0 Å². The van der Waals surface area contributed by atoms with Gasteiger partial charge in [-0.2, -0.15) is 0 Å². The van der Waals surface area contributed by atoms with Crippen molar-refractivity contribution in [2.24, 2.45) is 0 Å². The fourth-order valence-corrected chi connectivity index (χ4v) is 6.17. The maximum absolute atomic E-state index is 12.8. The van der Waals surface area contributed by atoms with E-state index in [9.17, 15) is 45.6 Å². The van der Waals surface area contributed by atoms with Crippen LogP contribution in [0.25, 0.3) is 0 Å². The molecule has 2 aliphatic heterocycles. The maximum Gasteiger partial charge on any atom is 0.220 e. The Bertz CT molecular complexity index is 837. The molecule has 0 aromatic carbocycles. The summed E-state index contributed by atoms with van der Waals surface area (Å²) in [6.45, 7) is 2.61. The molecule has 2 fully saturated rings. The van der Waals surface area contributed by atoms with Crippen LogP contribution in [0.5, 0.6) is 0 Å². The molecule has 0 saturated carbocycles. The number of ether oxygens (including phenoxy) is 4. The number of hydrogen-bond donors (Lipinski definition) is 9. The number of hydrogen-bond acceptors (Lipinski definition) is 13. The normalized spacial score (nSPS) is 32.2. The summed E-state index contributed by atoms with van der Waals surface area (Å²) in [7, 11) is 0. The molecule has 2 aliphatic rings. The summed E-state index contributed by atoms with van der Waals surface area (Å²) in [5, 5.41) is 85.4. The Kier molecular flexibility index (Phi) is 21.8. The number of carbonyl (C=O) groups is 1.